The minimum absolute atomic E-state index is 0.0591. The van der Waals surface area contributed by atoms with Crippen molar-refractivity contribution in [2.75, 3.05) is 14.2 Å². The molecule has 1 aromatic carbocycles. The van der Waals surface area contributed by atoms with E-state index < -0.39 is 14.9 Å². The van der Waals surface area contributed by atoms with Crippen LogP contribution in [0.2, 0.25) is 0 Å². The molecule has 0 bridgehead atoms. The Bertz CT molecular complexity index is 936. The second-order valence-electron chi connectivity index (χ2n) is 6.48. The Morgan fingerprint density at radius 2 is 2.04 bits per heavy atom. The van der Waals surface area contributed by atoms with Gasteiger partial charge in [0.05, 0.1) is 24.6 Å². The zero-order valence-electron chi connectivity index (χ0n) is 14.7. The van der Waals surface area contributed by atoms with Gasteiger partial charge in [-0.05, 0) is 30.5 Å². The number of hydrogen-bond donors (Lipinski definition) is 0. The lowest BCUT2D eigenvalue weighted by atomic mass is 10.3. The first-order valence-electron chi connectivity index (χ1n) is 8.11. The largest absolute Gasteiger partial charge is 0.495 e. The SMILES string of the molecule is COc1cc([N+](=O)[O-])ccc1S(=O)(=O)N(C)Cc1ccc([C@H]2C[C@H]2C)o1. The molecule has 140 valence electrons. The Morgan fingerprint density at radius 3 is 2.62 bits per heavy atom. The number of non-ortho nitro benzene ring substituents is 1. The summed E-state index contributed by atoms with van der Waals surface area (Å²) in [5.41, 5.74) is -0.238. The van der Waals surface area contributed by atoms with Crippen LogP contribution in [0.5, 0.6) is 5.75 Å². The lowest BCUT2D eigenvalue weighted by molar-refractivity contribution is -0.385. The normalized spacial score (nSPS) is 19.5. The highest BCUT2D eigenvalue weighted by atomic mass is 32.2. The zero-order chi connectivity index (χ0) is 19.1. The standard InChI is InChI=1S/C17H20N2O6S/c1-11-8-14(11)15-6-5-13(25-15)10-18(2)26(22,23)17-7-4-12(19(20)21)9-16(17)24-3/h4-7,9,11,14H,8,10H2,1-3H3/t11-,14+/m1/s1. The highest BCUT2D eigenvalue weighted by Crippen LogP contribution is 2.47. The van der Waals surface area contributed by atoms with Crippen molar-refractivity contribution in [3.05, 3.63) is 52.0 Å². The van der Waals surface area contributed by atoms with E-state index in [1.165, 1.54) is 20.2 Å². The summed E-state index contributed by atoms with van der Waals surface area (Å²) >= 11 is 0. The van der Waals surface area contributed by atoms with Gasteiger partial charge >= 0.3 is 0 Å². The average Bonchev–Trinajstić information content (AvgIpc) is 3.15. The van der Waals surface area contributed by atoms with Crippen LogP contribution in [-0.4, -0.2) is 31.8 Å². The maximum absolute atomic E-state index is 12.8. The number of nitrogens with zero attached hydrogens (tertiary/aromatic N) is 2. The number of benzene rings is 1. The molecule has 0 radical (unpaired) electrons. The molecule has 0 unspecified atom stereocenters. The molecule has 1 saturated carbocycles. The van der Waals surface area contributed by atoms with Crippen molar-refractivity contribution in [3.8, 4) is 5.75 Å². The van der Waals surface area contributed by atoms with Crippen LogP contribution in [-0.2, 0) is 16.6 Å². The predicted octanol–water partition coefficient (Wildman–Crippen LogP) is 3.14. The molecule has 2 atom stereocenters. The number of nitro groups is 1. The molecule has 0 saturated heterocycles. The van der Waals surface area contributed by atoms with E-state index in [1.54, 1.807) is 6.07 Å². The number of ether oxygens (including phenoxy) is 1. The summed E-state index contributed by atoms with van der Waals surface area (Å²) in [5.74, 6) is 2.37. The van der Waals surface area contributed by atoms with Gasteiger partial charge in [0.1, 0.15) is 22.2 Å². The van der Waals surface area contributed by atoms with E-state index in [4.69, 9.17) is 9.15 Å². The van der Waals surface area contributed by atoms with Crippen LogP contribution in [0.3, 0.4) is 0 Å². The van der Waals surface area contributed by atoms with E-state index in [0.29, 0.717) is 17.6 Å². The summed E-state index contributed by atoms with van der Waals surface area (Å²) in [7, 11) is -1.20. The third-order valence-electron chi connectivity index (χ3n) is 4.58. The monoisotopic (exact) mass is 380 g/mol. The minimum atomic E-state index is -3.90. The zero-order valence-corrected chi connectivity index (χ0v) is 15.5. The molecule has 3 rings (SSSR count). The number of hydrogen-bond acceptors (Lipinski definition) is 6. The predicted molar refractivity (Wildman–Crippen MR) is 93.5 cm³/mol. The molecule has 1 aromatic heterocycles. The first-order chi connectivity index (χ1) is 12.2. The van der Waals surface area contributed by atoms with Gasteiger partial charge in [-0.15, -0.1) is 0 Å². The van der Waals surface area contributed by atoms with Crippen molar-refractivity contribution < 1.29 is 22.5 Å². The quantitative estimate of drug-likeness (QED) is 0.540. The van der Waals surface area contributed by atoms with Crippen molar-refractivity contribution in [2.24, 2.45) is 5.92 Å². The molecule has 1 aliphatic carbocycles. The van der Waals surface area contributed by atoms with Gasteiger partial charge in [-0.25, -0.2) is 8.42 Å². The molecule has 1 heterocycles. The molecule has 26 heavy (non-hydrogen) atoms. The highest BCUT2D eigenvalue weighted by molar-refractivity contribution is 7.89. The van der Waals surface area contributed by atoms with Crippen molar-refractivity contribution in [1.82, 2.24) is 4.31 Å². The lowest BCUT2D eigenvalue weighted by Gasteiger charge is -2.17. The van der Waals surface area contributed by atoms with Crippen molar-refractivity contribution >= 4 is 15.7 Å². The number of rotatable bonds is 7. The van der Waals surface area contributed by atoms with E-state index in [9.17, 15) is 18.5 Å². The molecule has 0 spiro atoms. The fraction of sp³-hybridized carbons (Fsp3) is 0.412. The molecule has 1 fully saturated rings. The van der Waals surface area contributed by atoms with Crippen molar-refractivity contribution in [3.63, 3.8) is 0 Å². The fourth-order valence-electron chi connectivity index (χ4n) is 2.85. The summed E-state index contributed by atoms with van der Waals surface area (Å²) in [4.78, 5) is 10.1. The van der Waals surface area contributed by atoms with Crippen LogP contribution in [0, 0.1) is 16.0 Å². The lowest BCUT2D eigenvalue weighted by Crippen LogP contribution is -2.26. The third-order valence-corrected chi connectivity index (χ3v) is 6.42. The summed E-state index contributed by atoms with van der Waals surface area (Å²) in [6.07, 6.45) is 1.08. The second kappa shape index (κ2) is 6.73. The van der Waals surface area contributed by atoms with Gasteiger partial charge in [-0.3, -0.25) is 10.1 Å². The van der Waals surface area contributed by atoms with Crippen molar-refractivity contribution in [2.45, 2.75) is 30.7 Å². The molecule has 0 amide bonds. The Kier molecular flexibility index (Phi) is 4.76. The van der Waals surface area contributed by atoms with Gasteiger partial charge in [-0.1, -0.05) is 6.92 Å². The van der Waals surface area contributed by atoms with Crippen molar-refractivity contribution in [1.29, 1.82) is 0 Å². The van der Waals surface area contributed by atoms with E-state index in [0.717, 1.165) is 28.6 Å². The van der Waals surface area contributed by atoms with E-state index in [2.05, 4.69) is 6.92 Å². The minimum Gasteiger partial charge on any atom is -0.495 e. The van der Waals surface area contributed by atoms with E-state index >= 15 is 0 Å². The van der Waals surface area contributed by atoms with Crippen LogP contribution >= 0.6 is 0 Å². The van der Waals surface area contributed by atoms with Crippen LogP contribution in [0.25, 0.3) is 0 Å². The van der Waals surface area contributed by atoms with Crippen LogP contribution in [0.15, 0.2) is 39.6 Å². The highest BCUT2D eigenvalue weighted by Gasteiger charge is 2.37. The molecule has 8 nitrogen and oxygen atoms in total. The van der Waals surface area contributed by atoms with Crippen LogP contribution in [0.1, 0.15) is 30.8 Å². The number of methoxy groups -OCH3 is 1. The molecular formula is C17H20N2O6S. The summed E-state index contributed by atoms with van der Waals surface area (Å²) in [5, 5.41) is 10.9. The molecule has 0 aliphatic heterocycles. The van der Waals surface area contributed by atoms with Crippen LogP contribution < -0.4 is 4.74 Å². The number of furan rings is 1. The van der Waals surface area contributed by atoms with Gasteiger partial charge in [-0.2, -0.15) is 4.31 Å². The number of nitro benzene ring substituents is 1. The van der Waals surface area contributed by atoms with Gasteiger partial charge in [0.2, 0.25) is 10.0 Å². The first-order valence-corrected chi connectivity index (χ1v) is 9.55. The third kappa shape index (κ3) is 3.45. The fourth-order valence-corrected chi connectivity index (χ4v) is 4.12. The Morgan fingerprint density at radius 1 is 1.35 bits per heavy atom. The van der Waals surface area contributed by atoms with E-state index in [-0.39, 0.29) is 22.9 Å². The van der Waals surface area contributed by atoms with E-state index in [1.807, 2.05) is 6.07 Å². The van der Waals surface area contributed by atoms with Gasteiger partial charge in [0.25, 0.3) is 5.69 Å². The Hall–Kier alpha value is -2.39. The first kappa shape index (κ1) is 18.4. The molecule has 0 N–H and O–H groups in total. The maximum atomic E-state index is 12.8. The molecule has 1 aliphatic rings. The summed E-state index contributed by atoms with van der Waals surface area (Å²) in [6.45, 7) is 2.20. The molecular weight excluding hydrogens is 360 g/mol. The topological polar surface area (TPSA) is 103 Å². The maximum Gasteiger partial charge on any atom is 0.273 e. The summed E-state index contributed by atoms with van der Waals surface area (Å²) < 4.78 is 37.6. The average molecular weight is 380 g/mol. The second-order valence-corrected chi connectivity index (χ2v) is 8.49. The molecule has 2 aromatic rings. The van der Waals surface area contributed by atoms with Gasteiger partial charge in [0, 0.05) is 19.0 Å². The smallest absolute Gasteiger partial charge is 0.273 e. The number of sulfonamides is 1. The molecule has 9 heteroatoms. The Labute approximate surface area is 151 Å². The Balaban J connectivity index is 1.82. The van der Waals surface area contributed by atoms with Gasteiger partial charge < -0.3 is 9.15 Å². The van der Waals surface area contributed by atoms with Crippen LogP contribution in [0.4, 0.5) is 5.69 Å². The summed E-state index contributed by atoms with van der Waals surface area (Å²) in [6, 6.07) is 7.08. The van der Waals surface area contributed by atoms with Gasteiger partial charge in [0.15, 0.2) is 0 Å².